The van der Waals surface area contributed by atoms with Crippen LogP contribution in [0.1, 0.15) is 43.0 Å². The number of aromatic amines is 1. The van der Waals surface area contributed by atoms with Crippen LogP contribution in [0.15, 0.2) is 35.1 Å². The second-order valence-corrected chi connectivity index (χ2v) is 5.35. The second kappa shape index (κ2) is 5.91. The molecule has 0 aliphatic carbocycles. The summed E-state index contributed by atoms with van der Waals surface area (Å²) in [4.78, 5) is 12.2. The molecule has 0 bridgehead atoms. The Kier molecular flexibility index (Phi) is 4.25. The van der Waals surface area contributed by atoms with Crippen LogP contribution in [0.3, 0.4) is 0 Å². The van der Waals surface area contributed by atoms with Gasteiger partial charge in [0, 0.05) is 17.8 Å². The van der Waals surface area contributed by atoms with E-state index in [1.54, 1.807) is 4.68 Å². The van der Waals surface area contributed by atoms with Gasteiger partial charge in [-0.1, -0.05) is 44.2 Å². The predicted molar refractivity (Wildman–Crippen MR) is 78.6 cm³/mol. The molecule has 1 N–H and O–H groups in total. The molecule has 0 saturated heterocycles. The summed E-state index contributed by atoms with van der Waals surface area (Å²) >= 11 is 0. The molecule has 3 nitrogen and oxygen atoms in total. The van der Waals surface area contributed by atoms with E-state index in [-0.39, 0.29) is 11.5 Å². The number of hydrogen-bond donors (Lipinski definition) is 1. The number of hydrogen-bond acceptors (Lipinski definition) is 1. The molecule has 0 atom stereocenters. The van der Waals surface area contributed by atoms with E-state index in [0.717, 1.165) is 30.6 Å². The topological polar surface area (TPSA) is 37.8 Å². The highest BCUT2D eigenvalue weighted by Crippen LogP contribution is 2.13. The van der Waals surface area contributed by atoms with Crippen LogP contribution in [0.5, 0.6) is 0 Å². The van der Waals surface area contributed by atoms with Crippen molar-refractivity contribution in [2.24, 2.45) is 0 Å². The third-order valence-electron chi connectivity index (χ3n) is 3.45. The smallest absolute Gasteiger partial charge is 0.270 e. The number of aryl methyl sites for hydroxylation is 3. The van der Waals surface area contributed by atoms with Crippen LogP contribution >= 0.6 is 0 Å². The van der Waals surface area contributed by atoms with Crippen LogP contribution < -0.4 is 5.56 Å². The third kappa shape index (κ3) is 3.16. The first kappa shape index (κ1) is 13.7. The summed E-state index contributed by atoms with van der Waals surface area (Å²) in [6.45, 7) is 6.85. The van der Waals surface area contributed by atoms with E-state index >= 15 is 0 Å². The summed E-state index contributed by atoms with van der Waals surface area (Å²) in [6.07, 6.45) is 1.98. The molecule has 0 saturated carbocycles. The van der Waals surface area contributed by atoms with Gasteiger partial charge in [-0.15, -0.1) is 0 Å². The monoisotopic (exact) mass is 258 g/mol. The van der Waals surface area contributed by atoms with E-state index < -0.39 is 0 Å². The number of benzene rings is 1. The van der Waals surface area contributed by atoms with Gasteiger partial charge in [0.05, 0.1) is 0 Å². The fourth-order valence-corrected chi connectivity index (χ4v) is 2.54. The molecule has 102 valence electrons. The Morgan fingerprint density at radius 3 is 2.47 bits per heavy atom. The first-order chi connectivity index (χ1) is 9.09. The van der Waals surface area contributed by atoms with Crippen molar-refractivity contribution >= 4 is 0 Å². The maximum atomic E-state index is 12.2. The zero-order valence-corrected chi connectivity index (χ0v) is 11.9. The number of rotatable bonds is 5. The standard InChI is InChI=1S/C16H22N2O/c1-12(2)15-13(3)17-18(16(15)19)11-7-10-14-8-5-4-6-9-14/h4-6,8-9,12,17H,7,10-11H2,1-3H3. The van der Waals surface area contributed by atoms with Crippen molar-refractivity contribution in [2.45, 2.75) is 46.1 Å². The summed E-state index contributed by atoms with van der Waals surface area (Å²) in [6, 6.07) is 10.4. The van der Waals surface area contributed by atoms with E-state index in [2.05, 4.69) is 43.2 Å². The van der Waals surface area contributed by atoms with Gasteiger partial charge in [-0.25, -0.2) is 0 Å². The Morgan fingerprint density at radius 2 is 1.89 bits per heavy atom. The van der Waals surface area contributed by atoms with Crippen LogP contribution in [0, 0.1) is 6.92 Å². The molecule has 0 aliphatic rings. The minimum Gasteiger partial charge on any atom is -0.300 e. The van der Waals surface area contributed by atoms with Crippen molar-refractivity contribution in [2.75, 3.05) is 0 Å². The van der Waals surface area contributed by atoms with Crippen LogP contribution in [0.25, 0.3) is 0 Å². The van der Waals surface area contributed by atoms with Crippen LogP contribution in [0.2, 0.25) is 0 Å². The highest BCUT2D eigenvalue weighted by atomic mass is 16.1. The summed E-state index contributed by atoms with van der Waals surface area (Å²) in [5.74, 6) is 0.277. The number of H-pyrrole nitrogens is 1. The number of nitrogens with one attached hydrogen (secondary N) is 1. The second-order valence-electron chi connectivity index (χ2n) is 5.35. The van der Waals surface area contributed by atoms with Gasteiger partial charge in [0.2, 0.25) is 0 Å². The molecule has 2 aromatic rings. The zero-order chi connectivity index (χ0) is 13.8. The van der Waals surface area contributed by atoms with Gasteiger partial charge in [-0.3, -0.25) is 14.6 Å². The molecule has 19 heavy (non-hydrogen) atoms. The molecule has 2 rings (SSSR count). The molecule has 1 heterocycles. The zero-order valence-electron chi connectivity index (χ0n) is 11.9. The summed E-state index contributed by atoms with van der Waals surface area (Å²) in [7, 11) is 0. The fourth-order valence-electron chi connectivity index (χ4n) is 2.54. The third-order valence-corrected chi connectivity index (χ3v) is 3.45. The van der Waals surface area contributed by atoms with Crippen molar-refractivity contribution in [3.8, 4) is 0 Å². The molecule has 1 aromatic heterocycles. The SMILES string of the molecule is Cc1[nH]n(CCCc2ccccc2)c(=O)c1C(C)C. The van der Waals surface area contributed by atoms with Crippen LogP contribution in [0.4, 0.5) is 0 Å². The lowest BCUT2D eigenvalue weighted by atomic mass is 10.1. The van der Waals surface area contributed by atoms with Crippen molar-refractivity contribution in [1.82, 2.24) is 9.78 Å². The number of nitrogens with zero attached hydrogens (tertiary/aromatic N) is 1. The largest absolute Gasteiger partial charge is 0.300 e. The van der Waals surface area contributed by atoms with Crippen LogP contribution in [-0.4, -0.2) is 9.78 Å². The van der Waals surface area contributed by atoms with Crippen molar-refractivity contribution < 1.29 is 0 Å². The van der Waals surface area contributed by atoms with E-state index in [9.17, 15) is 4.79 Å². The Labute approximate surface area is 114 Å². The summed E-state index contributed by atoms with van der Waals surface area (Å²) in [5, 5.41) is 3.18. The van der Waals surface area contributed by atoms with Crippen molar-refractivity contribution in [3.05, 3.63) is 57.5 Å². The minimum absolute atomic E-state index is 0.139. The quantitative estimate of drug-likeness (QED) is 0.878. The van der Waals surface area contributed by atoms with Gasteiger partial charge < -0.3 is 0 Å². The minimum atomic E-state index is 0.139. The molecule has 0 amide bonds. The Bertz CT molecular complexity index is 579. The maximum absolute atomic E-state index is 12.2. The fraction of sp³-hybridized carbons (Fsp3) is 0.438. The Hall–Kier alpha value is -1.77. The highest BCUT2D eigenvalue weighted by molar-refractivity contribution is 5.19. The lowest BCUT2D eigenvalue weighted by Crippen LogP contribution is -2.20. The van der Waals surface area contributed by atoms with Gasteiger partial charge in [0.1, 0.15) is 0 Å². The van der Waals surface area contributed by atoms with E-state index in [1.807, 2.05) is 13.0 Å². The molecule has 0 unspecified atom stereocenters. The molecule has 0 aliphatic heterocycles. The Balaban J connectivity index is 2.01. The molecule has 0 spiro atoms. The molecule has 1 aromatic carbocycles. The first-order valence-corrected chi connectivity index (χ1v) is 6.93. The summed E-state index contributed by atoms with van der Waals surface area (Å²) < 4.78 is 1.74. The molecule has 0 fully saturated rings. The Morgan fingerprint density at radius 1 is 1.21 bits per heavy atom. The van der Waals surface area contributed by atoms with Gasteiger partial charge in [-0.05, 0) is 31.2 Å². The lowest BCUT2D eigenvalue weighted by Gasteiger charge is -2.02. The molecular formula is C16H22N2O. The summed E-state index contributed by atoms with van der Waals surface area (Å²) in [5.41, 5.74) is 3.38. The van der Waals surface area contributed by atoms with E-state index in [0.29, 0.717) is 0 Å². The first-order valence-electron chi connectivity index (χ1n) is 6.93. The average molecular weight is 258 g/mol. The van der Waals surface area contributed by atoms with Gasteiger partial charge in [0.25, 0.3) is 5.56 Å². The van der Waals surface area contributed by atoms with Gasteiger partial charge in [0.15, 0.2) is 0 Å². The van der Waals surface area contributed by atoms with Gasteiger partial charge in [-0.2, -0.15) is 0 Å². The average Bonchev–Trinajstić information content (AvgIpc) is 2.66. The lowest BCUT2D eigenvalue weighted by molar-refractivity contribution is 0.559. The normalized spacial score (nSPS) is 11.2. The predicted octanol–water partition coefficient (Wildman–Crippen LogP) is 3.24. The molecular weight excluding hydrogens is 236 g/mol. The van der Waals surface area contributed by atoms with Crippen molar-refractivity contribution in [1.29, 1.82) is 0 Å². The van der Waals surface area contributed by atoms with E-state index in [1.165, 1.54) is 5.56 Å². The van der Waals surface area contributed by atoms with E-state index in [4.69, 9.17) is 0 Å². The van der Waals surface area contributed by atoms with Gasteiger partial charge >= 0.3 is 0 Å². The molecule has 3 heteroatoms. The number of aromatic nitrogens is 2. The maximum Gasteiger partial charge on any atom is 0.270 e. The van der Waals surface area contributed by atoms with Crippen LogP contribution in [-0.2, 0) is 13.0 Å². The highest BCUT2D eigenvalue weighted by Gasteiger charge is 2.13. The molecule has 0 radical (unpaired) electrons. The van der Waals surface area contributed by atoms with Crippen molar-refractivity contribution in [3.63, 3.8) is 0 Å².